The largest absolute Gasteiger partial charge is 0.494 e. The van der Waals surface area contributed by atoms with E-state index in [0.29, 0.717) is 53.0 Å². The molecule has 0 aliphatic heterocycles. The normalized spacial score (nSPS) is 11.9. The molecule has 6 aromatic carbocycles. The van der Waals surface area contributed by atoms with Crippen LogP contribution in [0.1, 0.15) is 190 Å². The minimum absolute atomic E-state index is 0.00194. The average molecular weight is 1210 g/mol. The zero-order valence-electron chi connectivity index (χ0n) is 53.5. The fourth-order valence-corrected chi connectivity index (χ4v) is 9.60. The van der Waals surface area contributed by atoms with Crippen LogP contribution < -0.4 is 25.6 Å². The van der Waals surface area contributed by atoms with Gasteiger partial charge in [-0.3, -0.25) is 34.8 Å². The number of hydrogen-bond donors (Lipinski definition) is 3. The third-order valence-corrected chi connectivity index (χ3v) is 15.1. The molecule has 0 spiro atoms. The summed E-state index contributed by atoms with van der Waals surface area (Å²) in [5.41, 5.74) is 11.9. The number of nitrogens with one attached hydrogen (secondary N) is 3. The fourth-order valence-electron chi connectivity index (χ4n) is 9.60. The van der Waals surface area contributed by atoms with Gasteiger partial charge in [-0.25, -0.2) is 4.79 Å². The summed E-state index contributed by atoms with van der Waals surface area (Å²) in [6, 6.07) is 42.5. The summed E-state index contributed by atoms with van der Waals surface area (Å²) < 4.78 is 27.5. The monoisotopic (exact) mass is 1210 g/mol. The van der Waals surface area contributed by atoms with Crippen molar-refractivity contribution in [1.29, 1.82) is 0 Å². The molecule has 0 unspecified atom stereocenters. The molecule has 0 aliphatic carbocycles. The zero-order chi connectivity index (χ0) is 64.3. The number of unbranched alkanes of at least 4 members (excludes halogenated alkanes) is 8. The number of nitrogens with zero attached hydrogens (tertiary/aromatic N) is 2. The Morgan fingerprint density at radius 1 is 0.449 bits per heavy atom. The molecule has 7 aromatic rings. The van der Waals surface area contributed by atoms with E-state index in [1.165, 1.54) is 59.2 Å². The molecule has 472 valence electrons. The number of hydrogen-bond acceptors (Lipinski definition) is 13. The van der Waals surface area contributed by atoms with Crippen LogP contribution in [0.4, 0.5) is 0 Å². The van der Waals surface area contributed by atoms with E-state index >= 15 is 0 Å². The Morgan fingerprint density at radius 2 is 0.831 bits per heavy atom. The lowest BCUT2D eigenvalue weighted by Gasteiger charge is -2.20. The fraction of sp³-hybridized carbons (Fsp3) is 0.397. The smallest absolute Gasteiger partial charge is 0.328 e. The van der Waals surface area contributed by atoms with Crippen molar-refractivity contribution in [2.24, 2.45) is 5.92 Å². The summed E-state index contributed by atoms with van der Waals surface area (Å²) in [6.45, 7) is 18.4. The topological polar surface area (TPSA) is 214 Å². The highest BCUT2D eigenvalue weighted by molar-refractivity contribution is 6.00. The molecule has 0 radical (unpaired) electrons. The first kappa shape index (κ1) is 69.2. The molecule has 16 heteroatoms. The molecular weight excluding hydrogens is 1120 g/mol. The lowest BCUT2D eigenvalue weighted by atomic mass is 9.85. The van der Waals surface area contributed by atoms with Crippen LogP contribution in [0.5, 0.6) is 11.5 Å². The van der Waals surface area contributed by atoms with Gasteiger partial charge in [0.15, 0.2) is 5.78 Å². The minimum atomic E-state index is -0.844. The number of rotatable bonds is 29. The van der Waals surface area contributed by atoms with Crippen LogP contribution in [0, 0.1) is 5.92 Å². The van der Waals surface area contributed by atoms with Crippen molar-refractivity contribution in [1.82, 2.24) is 26.4 Å². The Bertz CT molecular complexity index is 3350. The van der Waals surface area contributed by atoms with Crippen molar-refractivity contribution in [3.63, 3.8) is 0 Å². The van der Waals surface area contributed by atoms with Gasteiger partial charge >= 0.3 is 11.9 Å². The van der Waals surface area contributed by atoms with Crippen molar-refractivity contribution in [2.75, 3.05) is 27.4 Å². The number of hydrazine groups is 1. The van der Waals surface area contributed by atoms with Crippen molar-refractivity contribution in [2.45, 2.75) is 156 Å². The van der Waals surface area contributed by atoms with Gasteiger partial charge in [0, 0.05) is 46.2 Å². The van der Waals surface area contributed by atoms with Crippen molar-refractivity contribution in [3.05, 3.63) is 190 Å². The summed E-state index contributed by atoms with van der Waals surface area (Å²) in [5.74, 6) is -0.767. The third kappa shape index (κ3) is 22.3. The number of carbonyl (C=O) groups is 6. The second kappa shape index (κ2) is 34.6. The van der Waals surface area contributed by atoms with Crippen LogP contribution in [0.25, 0.3) is 22.9 Å². The molecule has 7 rings (SSSR count). The standard InChI is InChI=1S/C37H46N2O6.C36H43N3O5/c1-6-7-8-9-10-23-45-32-21-17-29(18-22-32)35(42)39-38-34(41)28-13-11-26(12-14-28)24-30(36(43)44-5)25-33(40)27-15-19-31(20-16-27)37(2,3)4;1-6-7-8-9-10-23-43-30-21-17-28(18-22-30)34-39-38-33(44-34)27-13-11-25(12-14-27)24-31(35(41)42-5)37-32(40)26-15-19-29(20-16-26)36(2,3)4/h11-22,30H,6-10,23-25H2,1-5H3,(H,38,41)(H,39,42);11-22,31H,6-10,23-24H2,1-5H3,(H,37,40)/t30-;31-/m10/s1. The number of aromatic nitrogens is 2. The Morgan fingerprint density at radius 3 is 1.28 bits per heavy atom. The van der Waals surface area contributed by atoms with E-state index < -0.39 is 35.7 Å². The number of carbonyl (C=O) groups excluding carboxylic acids is 6. The van der Waals surface area contributed by atoms with E-state index in [-0.39, 0.29) is 41.8 Å². The molecule has 0 bridgehead atoms. The maximum Gasteiger partial charge on any atom is 0.328 e. The number of methoxy groups -OCH3 is 2. The minimum Gasteiger partial charge on any atom is -0.494 e. The molecule has 0 fully saturated rings. The van der Waals surface area contributed by atoms with Crippen LogP contribution in [0.15, 0.2) is 150 Å². The molecule has 89 heavy (non-hydrogen) atoms. The second-order valence-electron chi connectivity index (χ2n) is 24.2. The Kier molecular flexibility index (Phi) is 26.9. The van der Waals surface area contributed by atoms with Gasteiger partial charge in [0.1, 0.15) is 17.5 Å². The Labute approximate surface area is 525 Å². The molecule has 16 nitrogen and oxygen atoms in total. The van der Waals surface area contributed by atoms with Crippen LogP contribution in [0.2, 0.25) is 0 Å². The molecule has 3 amide bonds. The van der Waals surface area contributed by atoms with Crippen molar-refractivity contribution in [3.8, 4) is 34.4 Å². The average Bonchev–Trinajstić information content (AvgIpc) is 2.91. The number of benzene rings is 6. The molecule has 1 heterocycles. The lowest BCUT2D eigenvalue weighted by Crippen LogP contribution is -2.43. The van der Waals surface area contributed by atoms with Crippen LogP contribution in [-0.2, 0) is 42.7 Å². The number of amides is 3. The predicted molar refractivity (Wildman–Crippen MR) is 347 cm³/mol. The van der Waals surface area contributed by atoms with Gasteiger partial charge in [-0.05, 0) is 137 Å². The highest BCUT2D eigenvalue weighted by Crippen LogP contribution is 2.28. The molecule has 1 aromatic heterocycles. The lowest BCUT2D eigenvalue weighted by molar-refractivity contribution is -0.145. The summed E-state index contributed by atoms with van der Waals surface area (Å²) in [6.07, 6.45) is 12.3. The van der Waals surface area contributed by atoms with Gasteiger partial charge in [-0.15, -0.1) is 10.2 Å². The predicted octanol–water partition coefficient (Wildman–Crippen LogP) is 14.6. The van der Waals surface area contributed by atoms with E-state index in [2.05, 4.69) is 81.8 Å². The SMILES string of the molecule is CCCCCCCOc1ccc(-c2nnc(-c3ccc(C[C@H](NC(=O)c4ccc(C(C)(C)C)cc4)C(=O)OC)cc3)o2)cc1.CCCCCCCOc1ccc(C(=O)NNC(=O)c2ccc(C[C@H](CC(=O)c3ccc(C(C)(C)C)cc3)C(=O)OC)cc2)cc1. The maximum atomic E-state index is 13.0. The summed E-state index contributed by atoms with van der Waals surface area (Å²) in [7, 11) is 2.62. The Balaban J connectivity index is 0.000000284. The highest BCUT2D eigenvalue weighted by Gasteiger charge is 2.26. The van der Waals surface area contributed by atoms with Crippen LogP contribution >= 0.6 is 0 Å². The first-order chi connectivity index (χ1) is 42.7. The van der Waals surface area contributed by atoms with Gasteiger partial charge in [-0.2, -0.15) is 0 Å². The van der Waals surface area contributed by atoms with Gasteiger partial charge in [0.2, 0.25) is 11.8 Å². The number of ether oxygens (including phenoxy) is 4. The van der Waals surface area contributed by atoms with Gasteiger partial charge in [0.25, 0.3) is 17.7 Å². The maximum absolute atomic E-state index is 13.0. The third-order valence-electron chi connectivity index (χ3n) is 15.1. The molecule has 0 saturated heterocycles. The van der Waals surface area contributed by atoms with Crippen molar-refractivity contribution < 1.29 is 52.1 Å². The van der Waals surface area contributed by atoms with Crippen molar-refractivity contribution >= 4 is 35.4 Å². The Hall–Kier alpha value is -8.92. The molecule has 2 atom stereocenters. The molecular formula is C73H89N5O11. The van der Waals surface area contributed by atoms with Crippen LogP contribution in [0.3, 0.4) is 0 Å². The number of Topliss-reactive ketones (excluding diaryl/α,β-unsaturated/α-hetero) is 1. The van der Waals surface area contributed by atoms with E-state index in [0.717, 1.165) is 58.4 Å². The number of ketones is 1. The van der Waals surface area contributed by atoms with E-state index in [1.54, 1.807) is 72.8 Å². The molecule has 0 saturated carbocycles. The molecule has 3 N–H and O–H groups in total. The zero-order valence-corrected chi connectivity index (χ0v) is 53.5. The first-order valence-corrected chi connectivity index (χ1v) is 31.0. The summed E-state index contributed by atoms with van der Waals surface area (Å²) >= 11 is 0. The quantitative estimate of drug-likeness (QED) is 0.0172. The van der Waals surface area contributed by atoms with E-state index in [4.69, 9.17) is 23.4 Å². The van der Waals surface area contributed by atoms with Gasteiger partial charge < -0.3 is 28.7 Å². The second-order valence-corrected chi connectivity index (χ2v) is 24.2. The number of esters is 2. The highest BCUT2D eigenvalue weighted by atomic mass is 16.5. The first-order valence-electron chi connectivity index (χ1n) is 31.0. The summed E-state index contributed by atoms with van der Waals surface area (Å²) in [5, 5.41) is 11.3. The molecule has 0 aliphatic rings. The van der Waals surface area contributed by atoms with E-state index in [1.807, 2.05) is 72.8 Å². The van der Waals surface area contributed by atoms with Gasteiger partial charge in [-0.1, -0.05) is 167 Å². The van der Waals surface area contributed by atoms with Crippen LogP contribution in [-0.4, -0.2) is 79.1 Å². The van der Waals surface area contributed by atoms with Gasteiger partial charge in [0.05, 0.1) is 33.4 Å². The van der Waals surface area contributed by atoms with E-state index in [9.17, 15) is 28.8 Å². The summed E-state index contributed by atoms with van der Waals surface area (Å²) in [4.78, 5) is 76.2.